The number of para-hydroxylation sites is 1. The Bertz CT molecular complexity index is 1040. The van der Waals surface area contributed by atoms with Crippen LogP contribution in [0.5, 0.6) is 17.2 Å². The molecule has 0 spiro atoms. The van der Waals surface area contributed by atoms with Crippen molar-refractivity contribution in [3.8, 4) is 17.2 Å². The number of rotatable bonds is 6. The molecule has 0 saturated carbocycles. The fourth-order valence-electron chi connectivity index (χ4n) is 4.28. The molecule has 2 heterocycles. The summed E-state index contributed by atoms with van der Waals surface area (Å²) < 4.78 is 17.2. The summed E-state index contributed by atoms with van der Waals surface area (Å²) in [7, 11) is 0. The van der Waals surface area contributed by atoms with Crippen molar-refractivity contribution >= 4 is 0 Å². The normalized spacial score (nSPS) is 16.3. The number of aliphatic hydroxyl groups is 1. The first-order valence-electron chi connectivity index (χ1n) is 10.8. The van der Waals surface area contributed by atoms with E-state index < -0.39 is 6.10 Å². The second-order valence-electron chi connectivity index (χ2n) is 8.12. The van der Waals surface area contributed by atoms with E-state index in [1.807, 2.05) is 42.5 Å². The van der Waals surface area contributed by atoms with Crippen LogP contribution in [0.4, 0.5) is 0 Å². The third-order valence-corrected chi connectivity index (χ3v) is 5.95. The molecular weight excluding hydrogens is 390 g/mol. The summed E-state index contributed by atoms with van der Waals surface area (Å²) in [6, 6.07) is 22.4. The van der Waals surface area contributed by atoms with Gasteiger partial charge in [0.1, 0.15) is 12.4 Å². The molecule has 3 aromatic carbocycles. The number of nitrogens with zero attached hydrogens (tertiary/aromatic N) is 1. The largest absolute Gasteiger partial charge is 0.492 e. The maximum absolute atomic E-state index is 10.8. The van der Waals surface area contributed by atoms with Crippen molar-refractivity contribution in [1.29, 1.82) is 0 Å². The number of hydrogen-bond acceptors (Lipinski definition) is 5. The third-order valence-electron chi connectivity index (χ3n) is 5.95. The highest BCUT2D eigenvalue weighted by Gasteiger charge is 2.22. The molecule has 0 bridgehead atoms. The molecule has 31 heavy (non-hydrogen) atoms. The first-order chi connectivity index (χ1) is 15.3. The van der Waals surface area contributed by atoms with Crippen LogP contribution in [0.1, 0.15) is 34.8 Å². The van der Waals surface area contributed by atoms with E-state index in [-0.39, 0.29) is 6.79 Å². The average molecular weight is 418 g/mol. The maximum Gasteiger partial charge on any atom is 0.231 e. The fraction of sp³-hybridized carbons (Fsp3) is 0.308. The standard InChI is InChI=1S/C26H27NO4/c28-23(11-9-19-5-2-1-3-6-19)20-10-12-24-22(15-20)17-27(13-14-29-24)16-21-7-4-8-25-26(21)31-18-30-25/h1-8,10,12,15,23,28H,9,11,13-14,16-18H2. The Hall–Kier alpha value is -3.02. The molecule has 0 aromatic heterocycles. The van der Waals surface area contributed by atoms with E-state index in [0.29, 0.717) is 13.0 Å². The second kappa shape index (κ2) is 9.00. The van der Waals surface area contributed by atoms with Gasteiger partial charge in [0, 0.05) is 30.8 Å². The summed E-state index contributed by atoms with van der Waals surface area (Å²) in [6.07, 6.45) is 1.05. The second-order valence-corrected chi connectivity index (χ2v) is 8.12. The van der Waals surface area contributed by atoms with Crippen LogP contribution in [-0.2, 0) is 19.5 Å². The van der Waals surface area contributed by atoms with Crippen LogP contribution in [0, 0.1) is 0 Å². The van der Waals surface area contributed by atoms with Crippen LogP contribution in [-0.4, -0.2) is 30.0 Å². The lowest BCUT2D eigenvalue weighted by atomic mass is 9.99. The van der Waals surface area contributed by atoms with Gasteiger partial charge in [-0.3, -0.25) is 4.90 Å². The molecule has 0 aliphatic carbocycles. The summed E-state index contributed by atoms with van der Waals surface area (Å²) >= 11 is 0. The number of benzene rings is 3. The molecule has 0 amide bonds. The number of aliphatic hydroxyl groups excluding tert-OH is 1. The Kier molecular flexibility index (Phi) is 5.78. The summed E-state index contributed by atoms with van der Waals surface area (Å²) in [6.45, 7) is 3.26. The molecule has 5 rings (SSSR count). The van der Waals surface area contributed by atoms with E-state index in [4.69, 9.17) is 14.2 Å². The number of aryl methyl sites for hydroxylation is 1. The average Bonchev–Trinajstić information content (AvgIpc) is 3.20. The van der Waals surface area contributed by atoms with Gasteiger partial charge in [0.25, 0.3) is 0 Å². The van der Waals surface area contributed by atoms with Crippen LogP contribution in [0.2, 0.25) is 0 Å². The van der Waals surface area contributed by atoms with Gasteiger partial charge in [-0.05, 0) is 42.2 Å². The van der Waals surface area contributed by atoms with E-state index >= 15 is 0 Å². The van der Waals surface area contributed by atoms with Crippen molar-refractivity contribution in [2.75, 3.05) is 19.9 Å². The molecule has 5 heteroatoms. The monoisotopic (exact) mass is 417 g/mol. The van der Waals surface area contributed by atoms with E-state index in [1.165, 1.54) is 5.56 Å². The minimum absolute atomic E-state index is 0.280. The van der Waals surface area contributed by atoms with Gasteiger partial charge in [-0.1, -0.05) is 48.5 Å². The lowest BCUT2D eigenvalue weighted by Crippen LogP contribution is -2.25. The van der Waals surface area contributed by atoms with Gasteiger partial charge in [0.05, 0.1) is 6.10 Å². The van der Waals surface area contributed by atoms with Gasteiger partial charge >= 0.3 is 0 Å². The molecule has 2 aliphatic heterocycles. The Balaban J connectivity index is 1.29. The van der Waals surface area contributed by atoms with E-state index in [9.17, 15) is 5.11 Å². The Morgan fingerprint density at radius 2 is 1.81 bits per heavy atom. The third kappa shape index (κ3) is 4.53. The predicted octanol–water partition coefficient (Wildman–Crippen LogP) is 4.48. The van der Waals surface area contributed by atoms with Crippen molar-refractivity contribution < 1.29 is 19.3 Å². The molecule has 0 fully saturated rings. The zero-order chi connectivity index (χ0) is 21.0. The first-order valence-corrected chi connectivity index (χ1v) is 10.8. The minimum Gasteiger partial charge on any atom is -0.492 e. The highest BCUT2D eigenvalue weighted by Crippen LogP contribution is 2.36. The van der Waals surface area contributed by atoms with Crippen molar-refractivity contribution in [1.82, 2.24) is 4.90 Å². The predicted molar refractivity (Wildman–Crippen MR) is 118 cm³/mol. The Labute approximate surface area is 182 Å². The van der Waals surface area contributed by atoms with Crippen molar-refractivity contribution in [3.63, 3.8) is 0 Å². The summed E-state index contributed by atoms with van der Waals surface area (Å²) in [5.41, 5.74) is 4.42. The number of ether oxygens (including phenoxy) is 3. The van der Waals surface area contributed by atoms with Crippen LogP contribution >= 0.6 is 0 Å². The molecule has 1 atom stereocenters. The van der Waals surface area contributed by atoms with Gasteiger partial charge in [0.15, 0.2) is 11.5 Å². The van der Waals surface area contributed by atoms with Gasteiger partial charge in [-0.15, -0.1) is 0 Å². The zero-order valence-corrected chi connectivity index (χ0v) is 17.5. The zero-order valence-electron chi connectivity index (χ0n) is 17.5. The molecule has 5 nitrogen and oxygen atoms in total. The van der Waals surface area contributed by atoms with Crippen LogP contribution in [0.3, 0.4) is 0 Å². The highest BCUT2D eigenvalue weighted by atomic mass is 16.7. The first kappa shape index (κ1) is 19.9. The highest BCUT2D eigenvalue weighted by molar-refractivity contribution is 5.48. The SMILES string of the molecule is OC(CCc1ccccc1)c1ccc2c(c1)CN(Cc1cccc3c1OCO3)CCO2. The van der Waals surface area contributed by atoms with Gasteiger partial charge in [-0.2, -0.15) is 0 Å². The Morgan fingerprint density at radius 3 is 2.71 bits per heavy atom. The summed E-state index contributed by atoms with van der Waals surface area (Å²) in [5.74, 6) is 2.56. The molecule has 0 radical (unpaired) electrons. The molecule has 3 aromatic rings. The van der Waals surface area contributed by atoms with Crippen LogP contribution in [0.25, 0.3) is 0 Å². The van der Waals surface area contributed by atoms with E-state index in [1.54, 1.807) is 0 Å². The number of fused-ring (bicyclic) bond motifs is 2. The van der Waals surface area contributed by atoms with Crippen molar-refractivity contribution in [2.45, 2.75) is 32.0 Å². The van der Waals surface area contributed by atoms with Crippen LogP contribution < -0.4 is 14.2 Å². The topological polar surface area (TPSA) is 51.2 Å². The lowest BCUT2D eigenvalue weighted by Gasteiger charge is -2.20. The molecule has 1 unspecified atom stereocenters. The summed E-state index contributed by atoms with van der Waals surface area (Å²) in [4.78, 5) is 2.35. The molecule has 2 aliphatic rings. The summed E-state index contributed by atoms with van der Waals surface area (Å²) in [5, 5.41) is 10.8. The van der Waals surface area contributed by atoms with Crippen molar-refractivity contribution in [2.24, 2.45) is 0 Å². The van der Waals surface area contributed by atoms with Crippen LogP contribution in [0.15, 0.2) is 66.7 Å². The van der Waals surface area contributed by atoms with E-state index in [0.717, 1.165) is 60.0 Å². The fourth-order valence-corrected chi connectivity index (χ4v) is 4.28. The molecular formula is C26H27NO4. The maximum atomic E-state index is 10.8. The smallest absolute Gasteiger partial charge is 0.231 e. The Morgan fingerprint density at radius 1 is 0.903 bits per heavy atom. The number of hydrogen-bond donors (Lipinski definition) is 1. The van der Waals surface area contributed by atoms with Crippen molar-refractivity contribution in [3.05, 3.63) is 89.0 Å². The van der Waals surface area contributed by atoms with Gasteiger partial charge < -0.3 is 19.3 Å². The molecule has 160 valence electrons. The lowest BCUT2D eigenvalue weighted by molar-refractivity contribution is 0.167. The van der Waals surface area contributed by atoms with Gasteiger partial charge in [-0.25, -0.2) is 0 Å². The quantitative estimate of drug-likeness (QED) is 0.641. The minimum atomic E-state index is -0.495. The van der Waals surface area contributed by atoms with Gasteiger partial charge in [0.2, 0.25) is 6.79 Å². The molecule has 0 saturated heterocycles. The van der Waals surface area contributed by atoms with E-state index in [2.05, 4.69) is 29.2 Å². The molecule has 1 N–H and O–H groups in total.